The molecule has 0 aromatic carbocycles. The number of carbonyl (C=O) groups is 1. The average Bonchev–Trinajstić information content (AvgIpc) is 2.71. The quantitative estimate of drug-likeness (QED) is 0.767. The Kier molecular flexibility index (Phi) is 6.49. The van der Waals surface area contributed by atoms with Crippen LogP contribution in [0.1, 0.15) is 70.6 Å². The van der Waals surface area contributed by atoms with Crippen LogP contribution < -0.4 is 5.32 Å². The molecule has 2 rings (SSSR count). The molecule has 0 aromatic rings. The van der Waals surface area contributed by atoms with Crippen molar-refractivity contribution in [2.45, 2.75) is 82.3 Å². The third-order valence-electron chi connectivity index (χ3n) is 5.25. The minimum atomic E-state index is -0.667. The lowest BCUT2D eigenvalue weighted by Gasteiger charge is -2.29. The molecular weight excluding hydrogens is 266 g/mol. The summed E-state index contributed by atoms with van der Waals surface area (Å²) in [6.45, 7) is 0.430. The molecule has 0 atom stereocenters. The van der Waals surface area contributed by atoms with Crippen molar-refractivity contribution in [3.8, 4) is 0 Å². The van der Waals surface area contributed by atoms with Crippen LogP contribution >= 0.6 is 0 Å². The molecule has 2 saturated carbocycles. The number of aliphatic hydroxyl groups is 1. The van der Waals surface area contributed by atoms with E-state index in [1.54, 1.807) is 7.11 Å². The first-order valence-electron chi connectivity index (χ1n) is 8.63. The normalized spacial score (nSPS) is 29.6. The van der Waals surface area contributed by atoms with Gasteiger partial charge < -0.3 is 15.2 Å². The second-order valence-electron chi connectivity index (χ2n) is 7.00. The Morgan fingerprint density at radius 3 is 2.33 bits per heavy atom. The molecular formula is C17H31NO3. The number of methoxy groups -OCH3 is 1. The molecule has 0 heterocycles. The minimum Gasteiger partial charge on any atom is -0.388 e. The number of hydrogen-bond donors (Lipinski definition) is 2. The summed E-state index contributed by atoms with van der Waals surface area (Å²) in [5.41, 5.74) is -0.667. The van der Waals surface area contributed by atoms with E-state index >= 15 is 0 Å². The van der Waals surface area contributed by atoms with E-state index in [0.29, 0.717) is 25.0 Å². The second-order valence-corrected chi connectivity index (χ2v) is 7.00. The van der Waals surface area contributed by atoms with Crippen LogP contribution in [0.25, 0.3) is 0 Å². The molecule has 4 heteroatoms. The maximum absolute atomic E-state index is 12.1. The third-order valence-corrected chi connectivity index (χ3v) is 5.25. The smallest absolute Gasteiger partial charge is 0.220 e. The lowest BCUT2D eigenvalue weighted by molar-refractivity contribution is -0.123. The van der Waals surface area contributed by atoms with Gasteiger partial charge in [-0.1, -0.05) is 25.7 Å². The highest BCUT2D eigenvalue weighted by molar-refractivity contribution is 5.76. The monoisotopic (exact) mass is 297 g/mol. The zero-order valence-corrected chi connectivity index (χ0v) is 13.4. The Labute approximate surface area is 128 Å². The van der Waals surface area contributed by atoms with Crippen LogP contribution in [0.5, 0.6) is 0 Å². The number of nitrogens with one attached hydrogen (secondary N) is 1. The highest BCUT2D eigenvalue weighted by Crippen LogP contribution is 2.29. The van der Waals surface area contributed by atoms with Crippen LogP contribution in [-0.2, 0) is 9.53 Å². The highest BCUT2D eigenvalue weighted by atomic mass is 16.5. The SMILES string of the molecule is COC1CCC(CC(=O)NCC2(O)CCCCCC2)CC1. The second kappa shape index (κ2) is 8.14. The van der Waals surface area contributed by atoms with Crippen LogP contribution in [0, 0.1) is 5.92 Å². The fraction of sp³-hybridized carbons (Fsp3) is 0.941. The Morgan fingerprint density at radius 2 is 1.76 bits per heavy atom. The van der Waals surface area contributed by atoms with Crippen molar-refractivity contribution in [3.05, 3.63) is 0 Å². The topological polar surface area (TPSA) is 58.6 Å². The standard InChI is InChI=1S/C17H31NO3/c1-21-15-8-6-14(7-9-15)12-16(19)18-13-17(20)10-4-2-3-5-11-17/h14-15,20H,2-13H2,1H3,(H,18,19). The van der Waals surface area contributed by atoms with Gasteiger partial charge in [-0.05, 0) is 44.4 Å². The van der Waals surface area contributed by atoms with Crippen molar-refractivity contribution >= 4 is 5.91 Å². The van der Waals surface area contributed by atoms with Gasteiger partial charge in [0.1, 0.15) is 0 Å². The van der Waals surface area contributed by atoms with E-state index in [1.165, 1.54) is 12.8 Å². The fourth-order valence-corrected chi connectivity index (χ4v) is 3.73. The average molecular weight is 297 g/mol. The summed E-state index contributed by atoms with van der Waals surface area (Å²) in [7, 11) is 1.77. The van der Waals surface area contributed by atoms with E-state index in [1.807, 2.05) is 0 Å². The van der Waals surface area contributed by atoms with Gasteiger partial charge in [0.2, 0.25) is 5.91 Å². The van der Waals surface area contributed by atoms with Crippen molar-refractivity contribution in [1.29, 1.82) is 0 Å². The summed E-state index contributed by atoms with van der Waals surface area (Å²) in [5, 5.41) is 13.5. The minimum absolute atomic E-state index is 0.105. The number of carbonyl (C=O) groups excluding carboxylic acids is 1. The summed E-state index contributed by atoms with van der Waals surface area (Å²) in [4.78, 5) is 12.1. The molecule has 2 fully saturated rings. The zero-order chi connectivity index (χ0) is 15.1. The van der Waals surface area contributed by atoms with Crippen LogP contribution in [0.15, 0.2) is 0 Å². The van der Waals surface area contributed by atoms with Gasteiger partial charge in [-0.2, -0.15) is 0 Å². The first kappa shape index (κ1) is 16.8. The molecule has 21 heavy (non-hydrogen) atoms. The number of amides is 1. The maximum atomic E-state index is 12.1. The van der Waals surface area contributed by atoms with Gasteiger partial charge in [0.15, 0.2) is 0 Å². The maximum Gasteiger partial charge on any atom is 0.220 e. The molecule has 0 aliphatic heterocycles. The first-order chi connectivity index (χ1) is 10.1. The molecule has 2 N–H and O–H groups in total. The summed E-state index contributed by atoms with van der Waals surface area (Å²) in [6.07, 6.45) is 11.5. The first-order valence-corrected chi connectivity index (χ1v) is 8.63. The van der Waals surface area contributed by atoms with E-state index in [2.05, 4.69) is 5.32 Å². The molecule has 122 valence electrons. The molecule has 0 unspecified atom stereocenters. The van der Waals surface area contributed by atoms with Crippen molar-refractivity contribution in [2.75, 3.05) is 13.7 Å². The molecule has 2 aliphatic carbocycles. The number of rotatable bonds is 5. The van der Waals surface area contributed by atoms with Gasteiger partial charge in [-0.25, -0.2) is 0 Å². The van der Waals surface area contributed by atoms with Gasteiger partial charge in [-0.15, -0.1) is 0 Å². The molecule has 1 amide bonds. The van der Waals surface area contributed by atoms with Crippen LogP contribution in [-0.4, -0.2) is 36.4 Å². The third kappa shape index (κ3) is 5.59. The van der Waals surface area contributed by atoms with Gasteiger partial charge >= 0.3 is 0 Å². The Morgan fingerprint density at radius 1 is 1.14 bits per heavy atom. The molecule has 0 bridgehead atoms. The van der Waals surface area contributed by atoms with Crippen molar-refractivity contribution in [1.82, 2.24) is 5.32 Å². The van der Waals surface area contributed by atoms with Gasteiger partial charge in [0, 0.05) is 20.1 Å². The number of ether oxygens (including phenoxy) is 1. The van der Waals surface area contributed by atoms with Crippen molar-refractivity contribution < 1.29 is 14.6 Å². The molecule has 0 aromatic heterocycles. The van der Waals surface area contributed by atoms with E-state index < -0.39 is 5.60 Å². The summed E-state index contributed by atoms with van der Waals surface area (Å²) >= 11 is 0. The summed E-state index contributed by atoms with van der Waals surface area (Å²) < 4.78 is 5.36. The van der Waals surface area contributed by atoms with Crippen molar-refractivity contribution in [3.63, 3.8) is 0 Å². The predicted molar refractivity (Wildman–Crippen MR) is 83.0 cm³/mol. The molecule has 4 nitrogen and oxygen atoms in total. The Bertz CT molecular complexity index is 316. The molecule has 2 aliphatic rings. The van der Waals surface area contributed by atoms with Crippen molar-refractivity contribution in [2.24, 2.45) is 5.92 Å². The predicted octanol–water partition coefficient (Wildman–Crippen LogP) is 2.78. The molecule has 0 radical (unpaired) electrons. The Hall–Kier alpha value is -0.610. The lowest BCUT2D eigenvalue weighted by atomic mass is 9.85. The van der Waals surface area contributed by atoms with E-state index in [4.69, 9.17) is 4.74 Å². The zero-order valence-electron chi connectivity index (χ0n) is 13.4. The van der Waals surface area contributed by atoms with E-state index in [9.17, 15) is 9.90 Å². The Balaban J connectivity index is 1.67. The summed E-state index contributed by atoms with van der Waals surface area (Å²) in [6, 6.07) is 0. The highest BCUT2D eigenvalue weighted by Gasteiger charge is 2.29. The van der Waals surface area contributed by atoms with E-state index in [0.717, 1.165) is 51.4 Å². The van der Waals surface area contributed by atoms with Gasteiger partial charge in [-0.3, -0.25) is 4.79 Å². The number of hydrogen-bond acceptors (Lipinski definition) is 3. The van der Waals surface area contributed by atoms with Gasteiger partial charge in [0.25, 0.3) is 0 Å². The van der Waals surface area contributed by atoms with Gasteiger partial charge in [0.05, 0.1) is 11.7 Å². The van der Waals surface area contributed by atoms with Crippen LogP contribution in [0.3, 0.4) is 0 Å². The molecule has 0 spiro atoms. The van der Waals surface area contributed by atoms with E-state index in [-0.39, 0.29) is 5.91 Å². The lowest BCUT2D eigenvalue weighted by Crippen LogP contribution is -2.43. The van der Waals surface area contributed by atoms with Crippen LogP contribution in [0.4, 0.5) is 0 Å². The molecule has 0 saturated heterocycles. The summed E-state index contributed by atoms with van der Waals surface area (Å²) in [5.74, 6) is 0.591. The fourth-order valence-electron chi connectivity index (χ4n) is 3.73. The van der Waals surface area contributed by atoms with Crippen LogP contribution in [0.2, 0.25) is 0 Å². The largest absolute Gasteiger partial charge is 0.388 e.